The number of hydrogen-bond donors (Lipinski definition) is 1. The van der Waals surface area contributed by atoms with E-state index in [1.54, 1.807) is 17.1 Å². The third kappa shape index (κ3) is 3.48. The van der Waals surface area contributed by atoms with Gasteiger partial charge in [0, 0.05) is 36.3 Å². The van der Waals surface area contributed by atoms with Crippen molar-refractivity contribution >= 4 is 17.2 Å². The molecule has 0 unspecified atom stereocenters. The Bertz CT molecular complexity index is 1130. The molecule has 8 heteroatoms. The Labute approximate surface area is 162 Å². The monoisotopic (exact) mass is 375 g/mol. The van der Waals surface area contributed by atoms with Crippen LogP contribution in [0, 0.1) is 20.8 Å². The van der Waals surface area contributed by atoms with E-state index in [2.05, 4.69) is 25.5 Å². The first-order valence-corrected chi connectivity index (χ1v) is 9.09. The minimum Gasteiger partial charge on any atom is -0.325 e. The Hall–Kier alpha value is -3.55. The Kier molecular flexibility index (Phi) is 4.60. The van der Waals surface area contributed by atoms with Crippen LogP contribution in [0.4, 0.5) is 5.69 Å². The van der Waals surface area contributed by atoms with E-state index in [4.69, 9.17) is 0 Å². The molecule has 0 bridgehead atoms. The van der Waals surface area contributed by atoms with E-state index in [1.165, 1.54) is 0 Å². The number of rotatable bonds is 5. The lowest BCUT2D eigenvalue weighted by Crippen LogP contribution is -2.14. The van der Waals surface area contributed by atoms with Crippen molar-refractivity contribution in [2.24, 2.45) is 0 Å². The van der Waals surface area contributed by atoms with Gasteiger partial charge in [0.2, 0.25) is 5.91 Å². The number of anilines is 1. The molecule has 0 atom stereocenters. The maximum atomic E-state index is 12.4. The summed E-state index contributed by atoms with van der Waals surface area (Å²) < 4.78 is 3.50. The smallest absolute Gasteiger partial charge is 0.224 e. The number of hydrogen-bond acceptors (Lipinski definition) is 5. The van der Waals surface area contributed by atoms with E-state index >= 15 is 0 Å². The Balaban J connectivity index is 1.43. The van der Waals surface area contributed by atoms with Crippen LogP contribution in [0.15, 0.2) is 42.9 Å². The summed E-state index contributed by atoms with van der Waals surface area (Å²) in [5, 5.41) is 11.5. The second kappa shape index (κ2) is 7.22. The zero-order valence-electron chi connectivity index (χ0n) is 16.0. The molecule has 0 aliphatic rings. The van der Waals surface area contributed by atoms with E-state index in [-0.39, 0.29) is 5.91 Å². The summed E-state index contributed by atoms with van der Waals surface area (Å²) >= 11 is 0. The molecule has 0 aliphatic heterocycles. The van der Waals surface area contributed by atoms with Crippen molar-refractivity contribution in [3.8, 4) is 5.82 Å². The fourth-order valence-corrected chi connectivity index (χ4v) is 3.26. The molecule has 142 valence electrons. The lowest BCUT2D eigenvalue weighted by Gasteiger charge is -2.11. The molecular formula is C20H21N7O. The number of nitrogens with one attached hydrogen (secondary N) is 1. The van der Waals surface area contributed by atoms with Gasteiger partial charge >= 0.3 is 0 Å². The zero-order chi connectivity index (χ0) is 19.7. The van der Waals surface area contributed by atoms with Crippen molar-refractivity contribution in [2.45, 2.75) is 33.6 Å². The highest BCUT2D eigenvalue weighted by Crippen LogP contribution is 2.17. The zero-order valence-corrected chi connectivity index (χ0v) is 16.0. The van der Waals surface area contributed by atoms with Crippen LogP contribution >= 0.6 is 0 Å². The molecule has 0 radical (unpaired) electrons. The van der Waals surface area contributed by atoms with Crippen molar-refractivity contribution in [1.29, 1.82) is 0 Å². The van der Waals surface area contributed by atoms with Gasteiger partial charge in [-0.1, -0.05) is 0 Å². The maximum Gasteiger partial charge on any atom is 0.224 e. The van der Waals surface area contributed by atoms with E-state index in [0.29, 0.717) is 24.3 Å². The van der Waals surface area contributed by atoms with Gasteiger partial charge in [0.05, 0.1) is 17.6 Å². The Morgan fingerprint density at radius 1 is 1.21 bits per heavy atom. The highest BCUT2D eigenvalue weighted by molar-refractivity contribution is 5.90. The normalized spacial score (nSPS) is 11.1. The standard InChI is InChI=1S/C20H21N7O/c1-13-11-19-23-14(2)17(15(3)27(19)25-13)6-8-20(28)24-16-5-7-18(21-12-16)26-10-4-9-22-26/h4-5,7,9-12H,6,8H2,1-3H3,(H,24,28). The number of aromatic nitrogens is 6. The Morgan fingerprint density at radius 3 is 2.79 bits per heavy atom. The van der Waals surface area contributed by atoms with Crippen LogP contribution in [0.5, 0.6) is 0 Å². The van der Waals surface area contributed by atoms with Gasteiger partial charge in [-0.15, -0.1) is 0 Å². The quantitative estimate of drug-likeness (QED) is 0.579. The first kappa shape index (κ1) is 17.8. The first-order valence-electron chi connectivity index (χ1n) is 9.09. The number of aryl methyl sites for hydroxylation is 3. The number of amides is 1. The molecular weight excluding hydrogens is 354 g/mol. The highest BCUT2D eigenvalue weighted by atomic mass is 16.1. The average Bonchev–Trinajstić information content (AvgIpc) is 3.32. The molecule has 0 spiro atoms. The maximum absolute atomic E-state index is 12.4. The number of carbonyl (C=O) groups excluding carboxylic acids is 1. The molecule has 1 N–H and O–H groups in total. The summed E-state index contributed by atoms with van der Waals surface area (Å²) in [6.45, 7) is 5.93. The largest absolute Gasteiger partial charge is 0.325 e. The fraction of sp³-hybridized carbons (Fsp3) is 0.250. The van der Waals surface area contributed by atoms with Crippen molar-refractivity contribution in [1.82, 2.24) is 29.4 Å². The molecule has 4 rings (SSSR count). The SMILES string of the molecule is Cc1cc2nc(C)c(CCC(=O)Nc3ccc(-n4cccn4)nc3)c(C)n2n1. The summed E-state index contributed by atoms with van der Waals surface area (Å²) in [6.07, 6.45) is 6.10. The third-order valence-electron chi connectivity index (χ3n) is 4.66. The molecule has 4 aromatic heterocycles. The summed E-state index contributed by atoms with van der Waals surface area (Å²) in [7, 11) is 0. The molecule has 0 fully saturated rings. The minimum absolute atomic E-state index is 0.0656. The molecule has 0 saturated heterocycles. The minimum atomic E-state index is -0.0656. The van der Waals surface area contributed by atoms with E-state index in [0.717, 1.165) is 28.3 Å². The fourth-order valence-electron chi connectivity index (χ4n) is 3.26. The van der Waals surface area contributed by atoms with Gasteiger partial charge in [-0.3, -0.25) is 4.79 Å². The first-order chi connectivity index (χ1) is 13.5. The van der Waals surface area contributed by atoms with Crippen molar-refractivity contribution < 1.29 is 4.79 Å². The van der Waals surface area contributed by atoms with Gasteiger partial charge in [0.25, 0.3) is 0 Å². The lowest BCUT2D eigenvalue weighted by molar-refractivity contribution is -0.116. The Morgan fingerprint density at radius 2 is 2.07 bits per heavy atom. The number of pyridine rings is 1. The van der Waals surface area contributed by atoms with Gasteiger partial charge in [-0.25, -0.2) is 19.2 Å². The summed E-state index contributed by atoms with van der Waals surface area (Å²) in [6, 6.07) is 7.42. The van der Waals surface area contributed by atoms with E-state index in [1.807, 2.05) is 55.7 Å². The van der Waals surface area contributed by atoms with Crippen LogP contribution in [0.1, 0.15) is 29.1 Å². The van der Waals surface area contributed by atoms with Crippen LogP contribution in [0.3, 0.4) is 0 Å². The molecule has 4 heterocycles. The average molecular weight is 375 g/mol. The summed E-state index contributed by atoms with van der Waals surface area (Å²) in [4.78, 5) is 21.3. The predicted octanol–water partition coefficient (Wildman–Crippen LogP) is 2.81. The second-order valence-electron chi connectivity index (χ2n) is 6.72. The van der Waals surface area contributed by atoms with Crippen LogP contribution in [-0.2, 0) is 11.2 Å². The molecule has 28 heavy (non-hydrogen) atoms. The molecule has 0 saturated carbocycles. The third-order valence-corrected chi connectivity index (χ3v) is 4.66. The van der Waals surface area contributed by atoms with Crippen molar-refractivity contribution in [3.05, 3.63) is 65.5 Å². The van der Waals surface area contributed by atoms with Gasteiger partial charge in [-0.05, 0) is 51.0 Å². The van der Waals surface area contributed by atoms with Crippen LogP contribution in [0.2, 0.25) is 0 Å². The molecule has 4 aromatic rings. The summed E-state index contributed by atoms with van der Waals surface area (Å²) in [5.74, 6) is 0.632. The van der Waals surface area contributed by atoms with Crippen molar-refractivity contribution in [2.75, 3.05) is 5.32 Å². The lowest BCUT2D eigenvalue weighted by atomic mass is 10.1. The summed E-state index contributed by atoms with van der Waals surface area (Å²) in [5.41, 5.74) is 5.43. The topological polar surface area (TPSA) is 90.0 Å². The van der Waals surface area contributed by atoms with Crippen molar-refractivity contribution in [3.63, 3.8) is 0 Å². The second-order valence-corrected chi connectivity index (χ2v) is 6.72. The van der Waals surface area contributed by atoms with E-state index in [9.17, 15) is 4.79 Å². The van der Waals surface area contributed by atoms with Crippen LogP contribution in [0.25, 0.3) is 11.5 Å². The molecule has 8 nitrogen and oxygen atoms in total. The predicted molar refractivity (Wildman–Crippen MR) is 106 cm³/mol. The van der Waals surface area contributed by atoms with Gasteiger partial charge in [0.15, 0.2) is 11.5 Å². The molecule has 1 amide bonds. The highest BCUT2D eigenvalue weighted by Gasteiger charge is 2.13. The van der Waals surface area contributed by atoms with Crippen LogP contribution < -0.4 is 5.32 Å². The molecule has 0 aliphatic carbocycles. The number of fused-ring (bicyclic) bond motifs is 1. The number of carbonyl (C=O) groups is 1. The van der Waals surface area contributed by atoms with E-state index < -0.39 is 0 Å². The van der Waals surface area contributed by atoms with Gasteiger partial charge < -0.3 is 5.32 Å². The number of nitrogens with zero attached hydrogens (tertiary/aromatic N) is 6. The molecule has 0 aromatic carbocycles. The van der Waals surface area contributed by atoms with Gasteiger partial charge in [-0.2, -0.15) is 10.2 Å². The van der Waals surface area contributed by atoms with Crippen LogP contribution in [-0.4, -0.2) is 35.3 Å². The van der Waals surface area contributed by atoms with Gasteiger partial charge in [0.1, 0.15) is 0 Å².